The van der Waals surface area contributed by atoms with Gasteiger partial charge in [-0.3, -0.25) is 4.79 Å². The summed E-state index contributed by atoms with van der Waals surface area (Å²) in [7, 11) is 0. The van der Waals surface area contributed by atoms with Crippen molar-refractivity contribution >= 4 is 34.1 Å². The van der Waals surface area contributed by atoms with Gasteiger partial charge in [-0.1, -0.05) is 42.5 Å². The highest BCUT2D eigenvalue weighted by molar-refractivity contribution is 6.10. The molecular formula is C33H32N6O3. The molecule has 2 aliphatic heterocycles. The molecule has 9 nitrogen and oxygen atoms in total. The molecule has 0 saturated carbocycles. The molecule has 4 heterocycles. The Hall–Kier alpha value is -4.92. The number of benzene rings is 3. The molecule has 212 valence electrons. The molecular weight excluding hydrogens is 528 g/mol. The van der Waals surface area contributed by atoms with Gasteiger partial charge in [0.05, 0.1) is 12.2 Å². The Kier molecular flexibility index (Phi) is 5.93. The highest BCUT2D eigenvalue weighted by Gasteiger charge is 2.46. The van der Waals surface area contributed by atoms with Gasteiger partial charge in [-0.25, -0.2) is 14.3 Å². The van der Waals surface area contributed by atoms with Crippen molar-refractivity contribution in [3.05, 3.63) is 84.8 Å². The van der Waals surface area contributed by atoms with Crippen molar-refractivity contribution in [2.24, 2.45) is 5.73 Å². The first kappa shape index (κ1) is 26.0. The number of likely N-dealkylation sites (tertiary alicyclic amines) is 1. The van der Waals surface area contributed by atoms with Crippen LogP contribution >= 0.6 is 0 Å². The van der Waals surface area contributed by atoms with Crippen molar-refractivity contribution in [2.75, 3.05) is 18.0 Å². The maximum absolute atomic E-state index is 12.6. The van der Waals surface area contributed by atoms with E-state index in [4.69, 9.17) is 15.5 Å². The first-order valence-electron chi connectivity index (χ1n) is 14.2. The second-order valence-electron chi connectivity index (χ2n) is 12.1. The van der Waals surface area contributed by atoms with E-state index in [1.807, 2.05) is 74.6 Å². The zero-order chi connectivity index (χ0) is 29.2. The molecule has 9 heteroatoms. The number of rotatable bonds is 4. The van der Waals surface area contributed by atoms with Crippen LogP contribution in [0.1, 0.15) is 37.6 Å². The molecule has 2 bridgehead atoms. The van der Waals surface area contributed by atoms with Crippen molar-refractivity contribution in [3.8, 4) is 22.3 Å². The molecule has 0 spiro atoms. The summed E-state index contributed by atoms with van der Waals surface area (Å²) in [5.74, 6) is -0.452. The van der Waals surface area contributed by atoms with Crippen molar-refractivity contribution in [2.45, 2.75) is 44.9 Å². The van der Waals surface area contributed by atoms with Gasteiger partial charge in [0.25, 0.3) is 0 Å². The van der Waals surface area contributed by atoms with Crippen molar-refractivity contribution in [3.63, 3.8) is 0 Å². The molecule has 2 unspecified atom stereocenters. The predicted octanol–water partition coefficient (Wildman–Crippen LogP) is 5.51. The molecule has 0 aliphatic carbocycles. The highest BCUT2D eigenvalue weighted by atomic mass is 16.6. The summed E-state index contributed by atoms with van der Waals surface area (Å²) in [6, 6.07) is 20.4. The number of hydrogen-bond acceptors (Lipinski definition) is 6. The fourth-order valence-corrected chi connectivity index (χ4v) is 6.35. The van der Waals surface area contributed by atoms with Gasteiger partial charge in [0.15, 0.2) is 5.65 Å². The van der Waals surface area contributed by atoms with Crippen LogP contribution in [0.2, 0.25) is 0 Å². The third-order valence-electron chi connectivity index (χ3n) is 8.24. The Bertz CT molecular complexity index is 1860. The standard InChI is InChI=1S/C33H32N6O3/c1-33(2,3)42-32(41)38-19-23-14-24(38)18-37(23)22-12-10-20(11-13-22)21-15-35-31-29(16-36-39(31)17-21)27-8-4-7-26-25(27)6-5-9-28(26)30(34)40/h4-13,15-17,23-24H,14,18-19H2,1-3H3,(H2,34,40). The molecule has 2 amide bonds. The third kappa shape index (κ3) is 4.41. The van der Waals surface area contributed by atoms with E-state index in [1.165, 1.54) is 0 Å². The normalized spacial score (nSPS) is 18.3. The molecule has 3 aromatic carbocycles. The summed E-state index contributed by atoms with van der Waals surface area (Å²) in [6.07, 6.45) is 6.40. The number of aromatic nitrogens is 3. The Morgan fingerprint density at radius 3 is 2.36 bits per heavy atom. The van der Waals surface area contributed by atoms with E-state index in [-0.39, 0.29) is 12.1 Å². The first-order valence-corrected chi connectivity index (χ1v) is 14.2. The molecule has 5 aromatic rings. The van der Waals surface area contributed by atoms with Gasteiger partial charge in [-0.15, -0.1) is 0 Å². The van der Waals surface area contributed by atoms with E-state index in [0.29, 0.717) is 18.2 Å². The lowest BCUT2D eigenvalue weighted by molar-refractivity contribution is 0.0214. The van der Waals surface area contributed by atoms with Crippen LogP contribution in [0.15, 0.2) is 79.3 Å². The van der Waals surface area contributed by atoms with Gasteiger partial charge in [0.1, 0.15) is 5.60 Å². The van der Waals surface area contributed by atoms with Gasteiger partial charge >= 0.3 is 6.09 Å². The molecule has 42 heavy (non-hydrogen) atoms. The molecule has 2 aliphatic rings. The summed E-state index contributed by atoms with van der Waals surface area (Å²) >= 11 is 0. The lowest BCUT2D eigenvalue weighted by Crippen LogP contribution is -2.50. The average Bonchev–Trinajstić information content (AvgIpc) is 3.70. The van der Waals surface area contributed by atoms with Crippen LogP contribution in [0.4, 0.5) is 10.5 Å². The van der Waals surface area contributed by atoms with Crippen LogP contribution in [-0.2, 0) is 4.74 Å². The monoisotopic (exact) mass is 560 g/mol. The minimum Gasteiger partial charge on any atom is -0.444 e. The Morgan fingerprint density at radius 2 is 1.64 bits per heavy atom. The van der Waals surface area contributed by atoms with E-state index in [1.54, 1.807) is 10.6 Å². The van der Waals surface area contributed by atoms with E-state index in [9.17, 15) is 9.59 Å². The molecule has 2 aromatic heterocycles. The number of amides is 2. The number of nitrogens with two attached hydrogens (primary N) is 1. The summed E-state index contributed by atoms with van der Waals surface area (Å²) in [6.45, 7) is 7.20. The van der Waals surface area contributed by atoms with Gasteiger partial charge < -0.3 is 20.3 Å². The first-order chi connectivity index (χ1) is 20.2. The molecule has 2 fully saturated rings. The van der Waals surface area contributed by atoms with Gasteiger partial charge in [-0.05, 0) is 67.3 Å². The number of anilines is 1. The fraction of sp³-hybridized carbons (Fsp3) is 0.273. The zero-order valence-electron chi connectivity index (χ0n) is 23.8. The van der Waals surface area contributed by atoms with Gasteiger partial charge in [-0.2, -0.15) is 5.10 Å². The summed E-state index contributed by atoms with van der Waals surface area (Å²) < 4.78 is 7.40. The number of hydrogen-bond donors (Lipinski definition) is 1. The zero-order valence-corrected chi connectivity index (χ0v) is 23.8. The number of carbonyl (C=O) groups is 2. The molecule has 2 N–H and O–H groups in total. The number of piperazine rings is 1. The van der Waals surface area contributed by atoms with E-state index >= 15 is 0 Å². The SMILES string of the molecule is CC(C)(C)OC(=O)N1CC2CC1CN2c1ccc(-c2cnc3c(-c4cccc5c(C(N)=O)cccc45)cnn3c2)cc1. The number of ether oxygens (including phenoxy) is 1. The molecule has 2 saturated heterocycles. The van der Waals surface area contributed by atoms with Crippen LogP contribution in [0.25, 0.3) is 38.7 Å². The highest BCUT2D eigenvalue weighted by Crippen LogP contribution is 2.37. The quantitative estimate of drug-likeness (QED) is 0.311. The van der Waals surface area contributed by atoms with Crippen LogP contribution in [0.3, 0.4) is 0 Å². The fourth-order valence-electron chi connectivity index (χ4n) is 6.35. The Balaban J connectivity index is 1.12. The summed E-state index contributed by atoms with van der Waals surface area (Å²) in [4.78, 5) is 33.7. The largest absolute Gasteiger partial charge is 0.444 e. The van der Waals surface area contributed by atoms with Crippen LogP contribution < -0.4 is 10.6 Å². The smallest absolute Gasteiger partial charge is 0.410 e. The Morgan fingerprint density at radius 1 is 0.881 bits per heavy atom. The lowest BCUT2D eigenvalue weighted by Gasteiger charge is -2.36. The van der Waals surface area contributed by atoms with Gasteiger partial charge in [0, 0.05) is 53.9 Å². The van der Waals surface area contributed by atoms with Crippen LogP contribution in [0.5, 0.6) is 0 Å². The number of primary amides is 1. The Labute approximate surface area is 243 Å². The predicted molar refractivity (Wildman–Crippen MR) is 162 cm³/mol. The van der Waals surface area contributed by atoms with E-state index in [0.717, 1.165) is 57.3 Å². The van der Waals surface area contributed by atoms with E-state index < -0.39 is 11.5 Å². The summed E-state index contributed by atoms with van der Waals surface area (Å²) in [5, 5.41) is 6.34. The van der Waals surface area contributed by atoms with E-state index in [2.05, 4.69) is 34.3 Å². The number of fused-ring (bicyclic) bond motifs is 4. The minimum absolute atomic E-state index is 0.175. The third-order valence-corrected chi connectivity index (χ3v) is 8.24. The average molecular weight is 561 g/mol. The molecule has 7 rings (SSSR count). The van der Waals surface area contributed by atoms with Crippen molar-refractivity contribution in [1.82, 2.24) is 19.5 Å². The summed E-state index contributed by atoms with van der Waals surface area (Å²) in [5.41, 5.74) is 11.3. The topological polar surface area (TPSA) is 106 Å². The second kappa shape index (κ2) is 9.58. The minimum atomic E-state index is -0.490. The molecule has 2 atom stereocenters. The van der Waals surface area contributed by atoms with Crippen LogP contribution in [0, 0.1) is 0 Å². The number of carbonyl (C=O) groups excluding carboxylic acids is 2. The van der Waals surface area contributed by atoms with Crippen molar-refractivity contribution < 1.29 is 14.3 Å². The maximum Gasteiger partial charge on any atom is 0.410 e. The second-order valence-corrected chi connectivity index (χ2v) is 12.1. The van der Waals surface area contributed by atoms with Gasteiger partial charge in [0.2, 0.25) is 5.91 Å². The van der Waals surface area contributed by atoms with Crippen molar-refractivity contribution in [1.29, 1.82) is 0 Å². The lowest BCUT2D eigenvalue weighted by atomic mass is 9.96. The molecule has 0 radical (unpaired) electrons. The van der Waals surface area contributed by atoms with Crippen LogP contribution in [-0.4, -0.2) is 62.3 Å². The maximum atomic E-state index is 12.6. The number of nitrogens with zero attached hydrogens (tertiary/aromatic N) is 5.